The monoisotopic (exact) mass is 356 g/mol. The summed E-state index contributed by atoms with van der Waals surface area (Å²) in [6.45, 7) is 0.948. The van der Waals surface area contributed by atoms with Gasteiger partial charge in [-0.25, -0.2) is 0 Å². The second-order valence-corrected chi connectivity index (χ2v) is 6.58. The quantitative estimate of drug-likeness (QED) is 0.582. The molecule has 0 N–H and O–H groups in total. The Labute approximate surface area is 153 Å². The van der Waals surface area contributed by atoms with Gasteiger partial charge in [-0.15, -0.1) is 0 Å². The summed E-state index contributed by atoms with van der Waals surface area (Å²) >= 11 is 0. The highest BCUT2D eigenvalue weighted by Gasteiger charge is 2.27. The fraction of sp³-hybridized carbons (Fsp3) is 0.400. The predicted molar refractivity (Wildman–Crippen MR) is 100 cm³/mol. The van der Waals surface area contributed by atoms with E-state index in [-0.39, 0.29) is 16.7 Å². The van der Waals surface area contributed by atoms with Gasteiger partial charge in [0.25, 0.3) is 5.69 Å². The van der Waals surface area contributed by atoms with Crippen LogP contribution in [0.4, 0.5) is 5.69 Å². The molecule has 0 saturated carbocycles. The number of para-hydroxylation sites is 1. The molecule has 2 aromatic carbocycles. The Morgan fingerprint density at radius 2 is 1.88 bits per heavy atom. The molecular weight excluding hydrogens is 332 g/mol. The summed E-state index contributed by atoms with van der Waals surface area (Å²) in [5.41, 5.74) is 3.44. The smallest absolute Gasteiger partial charge is 0.272 e. The van der Waals surface area contributed by atoms with Gasteiger partial charge in [-0.2, -0.15) is 0 Å². The van der Waals surface area contributed by atoms with E-state index in [1.54, 1.807) is 26.4 Å². The summed E-state index contributed by atoms with van der Waals surface area (Å²) in [4.78, 5) is 13.3. The third-order valence-electron chi connectivity index (χ3n) is 5.15. The Morgan fingerprint density at radius 3 is 2.58 bits per heavy atom. The minimum absolute atomic E-state index is 0.193. The molecule has 0 bridgehead atoms. The third-order valence-corrected chi connectivity index (χ3v) is 5.15. The van der Waals surface area contributed by atoms with Crippen molar-refractivity contribution in [1.82, 2.24) is 4.90 Å². The first-order valence-electron chi connectivity index (χ1n) is 8.72. The van der Waals surface area contributed by atoms with E-state index in [0.29, 0.717) is 6.42 Å². The number of likely N-dealkylation sites (N-methyl/N-ethyl adjacent to an activating group) is 1. The molecule has 2 aromatic rings. The second kappa shape index (κ2) is 7.74. The van der Waals surface area contributed by atoms with E-state index >= 15 is 0 Å². The molecule has 1 aliphatic rings. The Balaban J connectivity index is 1.89. The van der Waals surface area contributed by atoms with Crippen molar-refractivity contribution >= 4 is 5.69 Å². The molecule has 0 aliphatic carbocycles. The topological polar surface area (TPSA) is 64.8 Å². The number of hydrogen-bond donors (Lipinski definition) is 0. The molecule has 6 nitrogen and oxygen atoms in total. The van der Waals surface area contributed by atoms with Crippen LogP contribution in [0.15, 0.2) is 36.4 Å². The molecule has 0 amide bonds. The molecule has 0 aromatic heterocycles. The molecule has 138 valence electrons. The number of aryl methyl sites for hydroxylation is 1. The minimum atomic E-state index is -0.304. The van der Waals surface area contributed by atoms with Crippen molar-refractivity contribution in [2.24, 2.45) is 0 Å². The highest BCUT2D eigenvalue weighted by Crippen LogP contribution is 2.39. The van der Waals surface area contributed by atoms with Crippen LogP contribution >= 0.6 is 0 Å². The maximum Gasteiger partial charge on any atom is 0.272 e. The van der Waals surface area contributed by atoms with Gasteiger partial charge in [0.15, 0.2) is 11.5 Å². The second-order valence-electron chi connectivity index (χ2n) is 6.58. The largest absolute Gasteiger partial charge is 0.493 e. The Morgan fingerprint density at radius 1 is 1.19 bits per heavy atom. The lowest BCUT2D eigenvalue weighted by Crippen LogP contribution is -2.32. The van der Waals surface area contributed by atoms with Crippen molar-refractivity contribution < 1.29 is 14.4 Å². The number of benzene rings is 2. The van der Waals surface area contributed by atoms with Crippen molar-refractivity contribution in [2.75, 3.05) is 27.8 Å². The minimum Gasteiger partial charge on any atom is -0.493 e. The van der Waals surface area contributed by atoms with Gasteiger partial charge < -0.3 is 9.47 Å². The average molecular weight is 356 g/mol. The fourth-order valence-corrected chi connectivity index (χ4v) is 3.72. The molecule has 0 saturated heterocycles. The van der Waals surface area contributed by atoms with E-state index in [1.165, 1.54) is 11.1 Å². The molecule has 3 rings (SSSR count). The van der Waals surface area contributed by atoms with Gasteiger partial charge >= 0.3 is 0 Å². The normalized spacial score (nSPS) is 16.8. The molecular formula is C20H24N2O4. The van der Waals surface area contributed by atoms with Gasteiger partial charge in [0.2, 0.25) is 0 Å². The molecule has 1 atom stereocenters. The van der Waals surface area contributed by atoms with Gasteiger partial charge in [0.05, 0.1) is 19.1 Å². The van der Waals surface area contributed by atoms with Crippen LogP contribution in [0.5, 0.6) is 11.5 Å². The predicted octanol–water partition coefficient (Wildman–Crippen LogP) is 3.77. The molecule has 26 heavy (non-hydrogen) atoms. The lowest BCUT2D eigenvalue weighted by Gasteiger charge is -2.35. The van der Waals surface area contributed by atoms with Crippen molar-refractivity contribution in [3.8, 4) is 11.5 Å². The van der Waals surface area contributed by atoms with Crippen molar-refractivity contribution in [3.63, 3.8) is 0 Å². The van der Waals surface area contributed by atoms with E-state index in [2.05, 4.69) is 18.0 Å². The molecule has 1 aliphatic heterocycles. The van der Waals surface area contributed by atoms with Crippen LogP contribution in [0, 0.1) is 10.1 Å². The summed E-state index contributed by atoms with van der Waals surface area (Å²) in [6.07, 6.45) is 2.41. The molecule has 0 radical (unpaired) electrons. The first-order chi connectivity index (χ1) is 12.5. The number of ether oxygens (including phenoxy) is 2. The van der Waals surface area contributed by atoms with Gasteiger partial charge in [0.1, 0.15) is 0 Å². The van der Waals surface area contributed by atoms with Gasteiger partial charge in [0, 0.05) is 24.2 Å². The summed E-state index contributed by atoms with van der Waals surface area (Å²) in [5.74, 6) is 1.46. The number of nitrogens with zero attached hydrogens (tertiary/aromatic N) is 2. The van der Waals surface area contributed by atoms with Crippen LogP contribution in [-0.2, 0) is 12.8 Å². The lowest BCUT2D eigenvalue weighted by atomic mass is 9.88. The number of nitro benzene ring substituents is 1. The lowest BCUT2D eigenvalue weighted by molar-refractivity contribution is -0.385. The standard InChI is InChI=1S/C20H24N2O4/c1-21-11-10-15-12-19(25-2)20(26-3)13-16(15)18(21)9-8-14-6-4-5-7-17(14)22(23)24/h4-7,12-13,18H,8-11H2,1-3H3. The van der Waals surface area contributed by atoms with Gasteiger partial charge in [-0.3, -0.25) is 15.0 Å². The average Bonchev–Trinajstić information content (AvgIpc) is 2.66. The van der Waals surface area contributed by atoms with Crippen LogP contribution < -0.4 is 9.47 Å². The van der Waals surface area contributed by atoms with Crippen molar-refractivity contribution in [2.45, 2.75) is 25.3 Å². The van der Waals surface area contributed by atoms with Crippen molar-refractivity contribution in [3.05, 3.63) is 63.2 Å². The maximum absolute atomic E-state index is 11.3. The first-order valence-corrected chi connectivity index (χ1v) is 8.72. The summed E-state index contributed by atoms with van der Waals surface area (Å²) in [7, 11) is 5.38. The van der Waals surface area contributed by atoms with E-state index in [4.69, 9.17) is 9.47 Å². The Kier molecular flexibility index (Phi) is 5.42. The Hall–Kier alpha value is -2.60. The van der Waals surface area contributed by atoms with Crippen LogP contribution in [0.25, 0.3) is 0 Å². The van der Waals surface area contributed by atoms with Crippen LogP contribution in [0.1, 0.15) is 29.2 Å². The molecule has 0 spiro atoms. The number of rotatable bonds is 6. The zero-order valence-electron chi connectivity index (χ0n) is 15.4. The number of fused-ring (bicyclic) bond motifs is 1. The zero-order valence-corrected chi connectivity index (χ0v) is 15.4. The van der Waals surface area contributed by atoms with Crippen molar-refractivity contribution in [1.29, 1.82) is 0 Å². The van der Waals surface area contributed by atoms with Crippen LogP contribution in [-0.4, -0.2) is 37.6 Å². The summed E-state index contributed by atoms with van der Waals surface area (Å²) in [6, 6.07) is 11.3. The van der Waals surface area contributed by atoms with Crippen LogP contribution in [0.2, 0.25) is 0 Å². The fourth-order valence-electron chi connectivity index (χ4n) is 3.72. The SMILES string of the molecule is COc1cc2c(cc1OC)C(CCc1ccccc1[N+](=O)[O-])N(C)CC2. The van der Waals surface area contributed by atoms with Gasteiger partial charge in [-0.05, 0) is 49.6 Å². The highest BCUT2D eigenvalue weighted by atomic mass is 16.6. The molecule has 6 heteroatoms. The molecule has 1 unspecified atom stereocenters. The Bertz CT molecular complexity index is 806. The first kappa shape index (κ1) is 18.2. The number of hydrogen-bond acceptors (Lipinski definition) is 5. The van der Waals surface area contributed by atoms with E-state index in [9.17, 15) is 10.1 Å². The van der Waals surface area contributed by atoms with E-state index in [1.807, 2.05) is 18.2 Å². The number of methoxy groups -OCH3 is 2. The summed E-state index contributed by atoms with van der Waals surface area (Å²) in [5, 5.41) is 11.3. The molecule has 0 fully saturated rings. The van der Waals surface area contributed by atoms with Crippen LogP contribution in [0.3, 0.4) is 0 Å². The van der Waals surface area contributed by atoms with E-state index in [0.717, 1.165) is 36.4 Å². The maximum atomic E-state index is 11.3. The van der Waals surface area contributed by atoms with Gasteiger partial charge in [-0.1, -0.05) is 18.2 Å². The molecule has 1 heterocycles. The number of nitro groups is 1. The third kappa shape index (κ3) is 3.51. The summed E-state index contributed by atoms with van der Waals surface area (Å²) < 4.78 is 10.9. The zero-order chi connectivity index (χ0) is 18.7. The van der Waals surface area contributed by atoms with E-state index < -0.39 is 0 Å². The highest BCUT2D eigenvalue weighted by molar-refractivity contribution is 5.49.